The summed E-state index contributed by atoms with van der Waals surface area (Å²) >= 11 is 6.30. The molecule has 1 atom stereocenters. The fourth-order valence-electron chi connectivity index (χ4n) is 4.15. The molecule has 31 heavy (non-hydrogen) atoms. The molecule has 164 valence electrons. The maximum atomic E-state index is 12.8. The third kappa shape index (κ3) is 4.61. The summed E-state index contributed by atoms with van der Waals surface area (Å²) in [5.41, 5.74) is 1.54. The second-order valence-electron chi connectivity index (χ2n) is 7.77. The van der Waals surface area contributed by atoms with Gasteiger partial charge < -0.3 is 5.32 Å². The molecular formula is C22H24ClN3O4S. The van der Waals surface area contributed by atoms with E-state index in [1.165, 1.54) is 18.2 Å². The Morgan fingerprint density at radius 2 is 1.81 bits per heavy atom. The van der Waals surface area contributed by atoms with Gasteiger partial charge in [0.15, 0.2) is 0 Å². The highest BCUT2D eigenvalue weighted by molar-refractivity contribution is 7.94. The number of hydrogen-bond acceptors (Lipinski definition) is 5. The van der Waals surface area contributed by atoms with Crippen LogP contribution in [0.25, 0.3) is 0 Å². The van der Waals surface area contributed by atoms with Crippen LogP contribution in [0, 0.1) is 0 Å². The SMILES string of the molecule is O=C(NCC(c1ccccc1)N1CCCC1)c1ccc(N2C(=O)CCS2(=O)=O)cc1Cl. The highest BCUT2D eigenvalue weighted by Gasteiger charge is 2.36. The van der Waals surface area contributed by atoms with E-state index in [2.05, 4.69) is 22.3 Å². The first-order valence-corrected chi connectivity index (χ1v) is 12.3. The van der Waals surface area contributed by atoms with Crippen LogP contribution in [-0.4, -0.2) is 50.5 Å². The minimum atomic E-state index is -3.68. The second-order valence-corrected chi connectivity index (χ2v) is 10.1. The number of nitrogens with one attached hydrogen (secondary N) is 1. The Morgan fingerprint density at radius 3 is 2.42 bits per heavy atom. The molecule has 0 aromatic heterocycles. The van der Waals surface area contributed by atoms with E-state index in [0.717, 1.165) is 35.8 Å². The van der Waals surface area contributed by atoms with Crippen LogP contribution in [0.3, 0.4) is 0 Å². The van der Waals surface area contributed by atoms with Crippen molar-refractivity contribution in [1.29, 1.82) is 0 Å². The monoisotopic (exact) mass is 461 g/mol. The van der Waals surface area contributed by atoms with E-state index in [0.29, 0.717) is 6.54 Å². The van der Waals surface area contributed by atoms with Gasteiger partial charge in [0.05, 0.1) is 28.1 Å². The van der Waals surface area contributed by atoms with Crippen molar-refractivity contribution in [2.75, 3.05) is 29.7 Å². The predicted molar refractivity (Wildman–Crippen MR) is 120 cm³/mol. The van der Waals surface area contributed by atoms with E-state index in [-0.39, 0.29) is 40.4 Å². The number of rotatable bonds is 6. The molecule has 2 aliphatic heterocycles. The van der Waals surface area contributed by atoms with Crippen LogP contribution in [-0.2, 0) is 14.8 Å². The van der Waals surface area contributed by atoms with Crippen molar-refractivity contribution in [3.05, 3.63) is 64.7 Å². The van der Waals surface area contributed by atoms with E-state index < -0.39 is 15.9 Å². The number of halogens is 1. The van der Waals surface area contributed by atoms with E-state index in [9.17, 15) is 18.0 Å². The zero-order valence-electron chi connectivity index (χ0n) is 17.0. The van der Waals surface area contributed by atoms with Gasteiger partial charge in [-0.1, -0.05) is 41.9 Å². The molecule has 7 nitrogen and oxygen atoms in total. The third-order valence-electron chi connectivity index (χ3n) is 5.73. The lowest BCUT2D eigenvalue weighted by atomic mass is 10.1. The lowest BCUT2D eigenvalue weighted by Gasteiger charge is -2.28. The summed E-state index contributed by atoms with van der Waals surface area (Å²) in [6, 6.07) is 14.4. The fourth-order valence-corrected chi connectivity index (χ4v) is 5.87. The first-order valence-electron chi connectivity index (χ1n) is 10.3. The topological polar surface area (TPSA) is 86.8 Å². The molecule has 2 aromatic rings. The van der Waals surface area contributed by atoms with E-state index in [4.69, 9.17) is 11.6 Å². The molecule has 2 amide bonds. The average molecular weight is 462 g/mol. The molecule has 0 spiro atoms. The molecule has 1 unspecified atom stereocenters. The third-order valence-corrected chi connectivity index (χ3v) is 7.74. The normalized spacial score (nSPS) is 19.5. The lowest BCUT2D eigenvalue weighted by Crippen LogP contribution is -2.37. The van der Waals surface area contributed by atoms with Gasteiger partial charge in [0, 0.05) is 13.0 Å². The molecule has 1 N–H and O–H groups in total. The number of carbonyl (C=O) groups excluding carboxylic acids is 2. The van der Waals surface area contributed by atoms with Crippen LogP contribution in [0.2, 0.25) is 5.02 Å². The summed E-state index contributed by atoms with van der Waals surface area (Å²) < 4.78 is 25.0. The smallest absolute Gasteiger partial charge is 0.252 e. The first-order chi connectivity index (χ1) is 14.9. The minimum absolute atomic E-state index is 0.0560. The Hall–Kier alpha value is -2.42. The first kappa shape index (κ1) is 21.8. The summed E-state index contributed by atoms with van der Waals surface area (Å²) in [4.78, 5) is 27.2. The van der Waals surface area contributed by atoms with Crippen molar-refractivity contribution < 1.29 is 18.0 Å². The van der Waals surface area contributed by atoms with Crippen LogP contribution < -0.4 is 9.62 Å². The highest BCUT2D eigenvalue weighted by atomic mass is 35.5. The summed E-state index contributed by atoms with van der Waals surface area (Å²) in [5, 5.41) is 3.06. The van der Waals surface area contributed by atoms with Crippen molar-refractivity contribution in [3.8, 4) is 0 Å². The predicted octanol–water partition coefficient (Wildman–Crippen LogP) is 2.97. The number of hydrogen-bond donors (Lipinski definition) is 1. The number of likely N-dealkylation sites (tertiary alicyclic amines) is 1. The van der Waals surface area contributed by atoms with Gasteiger partial charge in [-0.25, -0.2) is 12.7 Å². The maximum Gasteiger partial charge on any atom is 0.252 e. The quantitative estimate of drug-likeness (QED) is 0.714. The Bertz CT molecular complexity index is 1090. The molecule has 0 radical (unpaired) electrons. The van der Waals surface area contributed by atoms with Crippen molar-refractivity contribution in [3.63, 3.8) is 0 Å². The Labute approximate surface area is 187 Å². The van der Waals surface area contributed by atoms with Crippen molar-refractivity contribution in [2.24, 2.45) is 0 Å². The van der Waals surface area contributed by atoms with Gasteiger partial charge in [-0.3, -0.25) is 14.5 Å². The van der Waals surface area contributed by atoms with Gasteiger partial charge in [-0.05, 0) is 49.7 Å². The van der Waals surface area contributed by atoms with Crippen LogP contribution >= 0.6 is 11.6 Å². The number of benzene rings is 2. The average Bonchev–Trinajstić information content (AvgIpc) is 3.36. The molecule has 2 fully saturated rings. The van der Waals surface area contributed by atoms with Crippen LogP contribution in [0.4, 0.5) is 5.69 Å². The zero-order chi connectivity index (χ0) is 22.0. The fraction of sp³-hybridized carbons (Fsp3) is 0.364. The number of sulfonamides is 1. The number of carbonyl (C=O) groups is 2. The highest BCUT2D eigenvalue weighted by Crippen LogP contribution is 2.30. The summed E-state index contributed by atoms with van der Waals surface area (Å²) in [7, 11) is -3.68. The van der Waals surface area contributed by atoms with E-state index >= 15 is 0 Å². The van der Waals surface area contributed by atoms with Gasteiger partial charge in [0.25, 0.3) is 5.91 Å². The summed E-state index contributed by atoms with van der Waals surface area (Å²) in [6.45, 7) is 2.41. The molecule has 4 rings (SSSR count). The van der Waals surface area contributed by atoms with Crippen LogP contribution in [0.15, 0.2) is 48.5 Å². The molecule has 2 aromatic carbocycles. The molecule has 0 bridgehead atoms. The standard InChI is InChI=1S/C22H24ClN3O4S/c23-19-14-17(26-21(27)10-13-31(26,29)30)8-9-18(19)22(28)24-15-20(25-11-4-5-12-25)16-6-2-1-3-7-16/h1-3,6-9,14,20H,4-5,10-13,15H2,(H,24,28). The van der Waals surface area contributed by atoms with E-state index in [1.54, 1.807) is 0 Å². The molecule has 2 heterocycles. The Morgan fingerprint density at radius 1 is 1.10 bits per heavy atom. The largest absolute Gasteiger partial charge is 0.350 e. The molecule has 2 aliphatic rings. The van der Waals surface area contributed by atoms with E-state index in [1.807, 2.05) is 18.2 Å². The molecule has 0 aliphatic carbocycles. The number of nitrogens with zero attached hydrogens (tertiary/aromatic N) is 2. The van der Waals surface area contributed by atoms with Gasteiger partial charge in [-0.15, -0.1) is 0 Å². The van der Waals surface area contributed by atoms with Gasteiger partial charge in [0.2, 0.25) is 15.9 Å². The molecular weight excluding hydrogens is 438 g/mol. The maximum absolute atomic E-state index is 12.8. The van der Waals surface area contributed by atoms with Gasteiger partial charge in [0.1, 0.15) is 0 Å². The number of amides is 2. The van der Waals surface area contributed by atoms with Gasteiger partial charge >= 0.3 is 0 Å². The molecule has 0 saturated carbocycles. The lowest BCUT2D eigenvalue weighted by molar-refractivity contribution is -0.116. The summed E-state index contributed by atoms with van der Waals surface area (Å²) in [6.07, 6.45) is 2.23. The van der Waals surface area contributed by atoms with Crippen LogP contribution in [0.1, 0.15) is 41.2 Å². The number of anilines is 1. The van der Waals surface area contributed by atoms with Crippen molar-refractivity contribution >= 4 is 39.1 Å². The Kier molecular flexibility index (Phi) is 6.31. The minimum Gasteiger partial charge on any atom is -0.350 e. The summed E-state index contributed by atoms with van der Waals surface area (Å²) in [5.74, 6) is -1.06. The van der Waals surface area contributed by atoms with Crippen molar-refractivity contribution in [1.82, 2.24) is 10.2 Å². The molecule has 9 heteroatoms. The second kappa shape index (κ2) is 8.98. The van der Waals surface area contributed by atoms with Gasteiger partial charge in [-0.2, -0.15) is 0 Å². The zero-order valence-corrected chi connectivity index (χ0v) is 18.5. The Balaban J connectivity index is 1.50. The molecule has 2 saturated heterocycles. The van der Waals surface area contributed by atoms with Crippen LogP contribution in [0.5, 0.6) is 0 Å². The van der Waals surface area contributed by atoms with Crippen molar-refractivity contribution in [2.45, 2.75) is 25.3 Å².